The van der Waals surface area contributed by atoms with Crippen LogP contribution < -0.4 is 5.32 Å². The Kier molecular flexibility index (Phi) is 7.09. The first kappa shape index (κ1) is 21.9. The van der Waals surface area contributed by atoms with E-state index in [2.05, 4.69) is 10.2 Å². The zero-order chi connectivity index (χ0) is 21.0. The van der Waals surface area contributed by atoms with Crippen LogP contribution in [-0.4, -0.2) is 29.9 Å². The third-order valence-electron chi connectivity index (χ3n) is 4.98. The van der Waals surface area contributed by atoms with Gasteiger partial charge < -0.3 is 5.32 Å². The van der Waals surface area contributed by atoms with Crippen molar-refractivity contribution in [3.05, 3.63) is 69.2 Å². The maximum absolute atomic E-state index is 12.9. The summed E-state index contributed by atoms with van der Waals surface area (Å²) in [6.45, 7) is 1.89. The van der Waals surface area contributed by atoms with E-state index in [9.17, 15) is 18.0 Å². The van der Waals surface area contributed by atoms with Gasteiger partial charge in [-0.05, 0) is 42.2 Å². The number of hydrogen-bond acceptors (Lipinski definition) is 2. The highest BCUT2D eigenvalue weighted by atomic mass is 35.5. The van der Waals surface area contributed by atoms with Crippen LogP contribution in [0.1, 0.15) is 29.5 Å². The molecule has 1 saturated heterocycles. The van der Waals surface area contributed by atoms with E-state index in [0.29, 0.717) is 35.2 Å². The highest BCUT2D eigenvalue weighted by Gasteiger charge is 2.30. The van der Waals surface area contributed by atoms with Gasteiger partial charge in [0.05, 0.1) is 12.0 Å². The monoisotopic (exact) mass is 444 g/mol. The molecule has 1 aliphatic rings. The summed E-state index contributed by atoms with van der Waals surface area (Å²) in [6.07, 6.45) is -2.65. The summed E-state index contributed by atoms with van der Waals surface area (Å²) in [5.74, 6) is -0.106. The third kappa shape index (κ3) is 6.36. The predicted octanol–water partition coefficient (Wildman–Crippen LogP) is 5.34. The van der Waals surface area contributed by atoms with Gasteiger partial charge in [0.25, 0.3) is 0 Å². The van der Waals surface area contributed by atoms with E-state index in [-0.39, 0.29) is 18.4 Å². The van der Waals surface area contributed by atoms with E-state index in [1.807, 2.05) is 0 Å². The fraction of sp³-hybridized carbons (Fsp3) is 0.381. The number of piperidine rings is 1. The molecule has 1 amide bonds. The maximum atomic E-state index is 12.9. The minimum atomic E-state index is -4.33. The molecule has 0 saturated carbocycles. The average molecular weight is 445 g/mol. The average Bonchev–Trinajstić information content (AvgIpc) is 2.65. The minimum absolute atomic E-state index is 0.0475. The number of nitrogens with one attached hydrogen (secondary N) is 1. The van der Waals surface area contributed by atoms with Crippen molar-refractivity contribution >= 4 is 29.1 Å². The van der Waals surface area contributed by atoms with Crippen LogP contribution in [0, 0.1) is 0 Å². The second-order valence-corrected chi connectivity index (χ2v) is 8.07. The van der Waals surface area contributed by atoms with E-state index in [1.54, 1.807) is 24.3 Å². The molecule has 0 atom stereocenters. The molecule has 0 bridgehead atoms. The van der Waals surface area contributed by atoms with E-state index >= 15 is 0 Å². The Labute approximate surface area is 177 Å². The molecule has 3 rings (SSSR count). The SMILES string of the molecule is O=C(Cc1ccc(Cl)cc1Cl)NC1CCN(Cc2cccc(C(F)(F)F)c2)CC1. The molecule has 0 aliphatic carbocycles. The molecule has 2 aromatic carbocycles. The largest absolute Gasteiger partial charge is 0.416 e. The molecule has 1 aliphatic heterocycles. The van der Waals surface area contributed by atoms with Crippen molar-refractivity contribution in [2.45, 2.75) is 38.0 Å². The second kappa shape index (κ2) is 9.37. The number of carbonyl (C=O) groups excluding carboxylic acids is 1. The Morgan fingerprint density at radius 3 is 2.48 bits per heavy atom. The van der Waals surface area contributed by atoms with Crippen molar-refractivity contribution in [1.82, 2.24) is 10.2 Å². The van der Waals surface area contributed by atoms with Crippen LogP contribution in [0.4, 0.5) is 13.2 Å². The smallest absolute Gasteiger partial charge is 0.353 e. The Bertz CT molecular complexity index is 865. The van der Waals surface area contributed by atoms with E-state index < -0.39 is 11.7 Å². The summed E-state index contributed by atoms with van der Waals surface area (Å²) in [7, 11) is 0. The number of carbonyl (C=O) groups is 1. The number of halogens is 5. The molecular weight excluding hydrogens is 424 g/mol. The first-order valence-electron chi connectivity index (χ1n) is 9.32. The highest BCUT2D eigenvalue weighted by Crippen LogP contribution is 2.30. The van der Waals surface area contributed by atoms with Crippen LogP contribution in [0.25, 0.3) is 0 Å². The summed E-state index contributed by atoms with van der Waals surface area (Å²) < 4.78 is 38.6. The quantitative estimate of drug-likeness (QED) is 0.675. The number of nitrogens with zero attached hydrogens (tertiary/aromatic N) is 1. The van der Waals surface area contributed by atoms with Gasteiger partial charge in [0, 0.05) is 35.7 Å². The first-order valence-corrected chi connectivity index (χ1v) is 10.1. The van der Waals surface area contributed by atoms with Crippen molar-refractivity contribution < 1.29 is 18.0 Å². The number of benzene rings is 2. The fourth-order valence-corrected chi connectivity index (χ4v) is 3.93. The Morgan fingerprint density at radius 2 is 1.83 bits per heavy atom. The number of alkyl halides is 3. The highest BCUT2D eigenvalue weighted by molar-refractivity contribution is 6.35. The number of amides is 1. The van der Waals surface area contributed by atoms with Gasteiger partial charge in [-0.2, -0.15) is 13.2 Å². The summed E-state index contributed by atoms with van der Waals surface area (Å²) in [5, 5.41) is 4.00. The van der Waals surface area contributed by atoms with Crippen molar-refractivity contribution in [2.24, 2.45) is 0 Å². The predicted molar refractivity (Wildman–Crippen MR) is 108 cm³/mol. The molecule has 8 heteroatoms. The van der Waals surface area contributed by atoms with Gasteiger partial charge in [0.15, 0.2) is 0 Å². The lowest BCUT2D eigenvalue weighted by Crippen LogP contribution is -2.44. The molecule has 0 radical (unpaired) electrons. The van der Waals surface area contributed by atoms with Crippen molar-refractivity contribution in [3.8, 4) is 0 Å². The Hall–Kier alpha value is -1.76. The van der Waals surface area contributed by atoms with Gasteiger partial charge in [0.2, 0.25) is 5.91 Å². The molecule has 0 spiro atoms. The van der Waals surface area contributed by atoms with Gasteiger partial charge in [-0.1, -0.05) is 47.5 Å². The summed E-state index contributed by atoms with van der Waals surface area (Å²) >= 11 is 12.0. The minimum Gasteiger partial charge on any atom is -0.353 e. The lowest BCUT2D eigenvalue weighted by atomic mass is 10.0. The van der Waals surface area contributed by atoms with Gasteiger partial charge >= 0.3 is 6.18 Å². The molecule has 1 heterocycles. The third-order valence-corrected chi connectivity index (χ3v) is 5.57. The van der Waals surface area contributed by atoms with Gasteiger partial charge in [-0.3, -0.25) is 9.69 Å². The van der Waals surface area contributed by atoms with E-state index in [0.717, 1.165) is 24.5 Å². The summed E-state index contributed by atoms with van der Waals surface area (Å²) in [6, 6.07) is 10.5. The molecule has 1 fully saturated rings. The molecule has 2 aromatic rings. The molecule has 29 heavy (non-hydrogen) atoms. The van der Waals surface area contributed by atoms with Crippen LogP contribution in [0.15, 0.2) is 42.5 Å². The van der Waals surface area contributed by atoms with Crippen LogP contribution in [0.5, 0.6) is 0 Å². The normalized spacial score (nSPS) is 16.0. The van der Waals surface area contributed by atoms with Crippen LogP contribution in [0.2, 0.25) is 10.0 Å². The standard InChI is InChI=1S/C21H21Cl2F3N2O/c22-17-5-4-15(19(23)12-17)11-20(29)27-18-6-8-28(9-7-18)13-14-2-1-3-16(10-14)21(24,25)26/h1-5,10,12,18H,6-9,11,13H2,(H,27,29). The van der Waals surface area contributed by atoms with Crippen molar-refractivity contribution in [1.29, 1.82) is 0 Å². The fourth-order valence-electron chi connectivity index (χ4n) is 3.46. The first-order chi connectivity index (χ1) is 13.7. The Morgan fingerprint density at radius 1 is 1.10 bits per heavy atom. The lowest BCUT2D eigenvalue weighted by molar-refractivity contribution is -0.137. The van der Waals surface area contributed by atoms with Crippen molar-refractivity contribution in [3.63, 3.8) is 0 Å². The number of likely N-dealkylation sites (tertiary alicyclic amines) is 1. The zero-order valence-electron chi connectivity index (χ0n) is 15.6. The van der Waals surface area contributed by atoms with E-state index in [1.165, 1.54) is 12.1 Å². The number of hydrogen-bond donors (Lipinski definition) is 1. The van der Waals surface area contributed by atoms with Crippen LogP contribution in [0.3, 0.4) is 0 Å². The van der Waals surface area contributed by atoms with Gasteiger partial charge in [-0.25, -0.2) is 0 Å². The lowest BCUT2D eigenvalue weighted by Gasteiger charge is -2.32. The molecule has 156 valence electrons. The van der Waals surface area contributed by atoms with Gasteiger partial charge in [0.1, 0.15) is 0 Å². The maximum Gasteiger partial charge on any atom is 0.416 e. The topological polar surface area (TPSA) is 32.3 Å². The molecule has 0 aromatic heterocycles. The van der Waals surface area contributed by atoms with Gasteiger partial charge in [-0.15, -0.1) is 0 Å². The van der Waals surface area contributed by atoms with Crippen LogP contribution >= 0.6 is 23.2 Å². The second-order valence-electron chi connectivity index (χ2n) is 7.23. The van der Waals surface area contributed by atoms with Crippen molar-refractivity contribution in [2.75, 3.05) is 13.1 Å². The zero-order valence-corrected chi connectivity index (χ0v) is 17.1. The summed E-state index contributed by atoms with van der Waals surface area (Å²) in [4.78, 5) is 14.4. The van der Waals surface area contributed by atoms with E-state index in [4.69, 9.17) is 23.2 Å². The molecule has 3 nitrogen and oxygen atoms in total. The molecular formula is C21H21Cl2F3N2O. The molecule has 0 unspecified atom stereocenters. The Balaban J connectivity index is 1.47. The number of rotatable bonds is 5. The van der Waals surface area contributed by atoms with Crippen LogP contribution in [-0.2, 0) is 23.9 Å². The molecule has 1 N–H and O–H groups in total. The summed E-state index contributed by atoms with van der Waals surface area (Å²) in [5.41, 5.74) is 0.730.